The maximum Gasteiger partial charge on any atom is 0.242 e. The summed E-state index contributed by atoms with van der Waals surface area (Å²) in [6.07, 6.45) is 0.371. The molecule has 0 radical (unpaired) electrons. The Labute approximate surface area is 164 Å². The Balaban J connectivity index is 1.90. The highest BCUT2D eigenvalue weighted by molar-refractivity contribution is 8.01. The van der Waals surface area contributed by atoms with E-state index in [4.69, 9.17) is 11.5 Å². The lowest BCUT2D eigenvalue weighted by atomic mass is 9.99. The van der Waals surface area contributed by atoms with Crippen LogP contribution in [0.15, 0.2) is 0 Å². The van der Waals surface area contributed by atoms with Crippen LogP contribution in [0.4, 0.5) is 0 Å². The number of rotatable bonds is 6. The van der Waals surface area contributed by atoms with Gasteiger partial charge in [0.1, 0.15) is 6.04 Å². The second-order valence-electron chi connectivity index (χ2n) is 7.73. The molecule has 7 N–H and O–H groups in total. The quantitative estimate of drug-likeness (QED) is 0.357. The molecule has 0 aromatic carbocycles. The second kappa shape index (κ2) is 8.76. The van der Waals surface area contributed by atoms with E-state index in [-0.39, 0.29) is 22.6 Å². The van der Waals surface area contributed by atoms with Gasteiger partial charge in [-0.1, -0.05) is 13.8 Å². The Morgan fingerprint density at radius 1 is 1.26 bits per heavy atom. The maximum absolute atomic E-state index is 12.4. The van der Waals surface area contributed by atoms with Crippen molar-refractivity contribution in [3.63, 3.8) is 0 Å². The smallest absolute Gasteiger partial charge is 0.242 e. The highest BCUT2D eigenvalue weighted by atomic mass is 32.2. The molecule has 2 rings (SSSR count). The molecule has 2 saturated heterocycles. The summed E-state index contributed by atoms with van der Waals surface area (Å²) < 4.78 is 0. The van der Waals surface area contributed by atoms with E-state index < -0.39 is 30.1 Å². The zero-order chi connectivity index (χ0) is 20.4. The molecule has 0 aliphatic carbocycles. The van der Waals surface area contributed by atoms with E-state index in [9.17, 15) is 19.5 Å². The molecule has 4 atom stereocenters. The Hall–Kier alpha value is -1.36. The fourth-order valence-electron chi connectivity index (χ4n) is 3.34. The molecule has 2 heterocycles. The third kappa shape index (κ3) is 5.13. The van der Waals surface area contributed by atoms with E-state index in [0.29, 0.717) is 31.7 Å². The van der Waals surface area contributed by atoms with Crippen LogP contribution in [0, 0.1) is 5.92 Å². The van der Waals surface area contributed by atoms with Gasteiger partial charge in [0.2, 0.25) is 17.7 Å². The number of hydrogen-bond donors (Lipinski definition) is 5. The van der Waals surface area contributed by atoms with Gasteiger partial charge in [0, 0.05) is 18.8 Å². The molecule has 2 fully saturated rings. The number of primary amides is 1. The molecular weight excluding hydrogens is 370 g/mol. The molecule has 27 heavy (non-hydrogen) atoms. The number of likely N-dealkylation sites (tertiary alicyclic amines) is 1. The highest BCUT2D eigenvalue weighted by Crippen LogP contribution is 2.39. The minimum atomic E-state index is -1.11. The fourth-order valence-corrected chi connectivity index (χ4v) is 4.76. The number of amides is 3. The van der Waals surface area contributed by atoms with Crippen molar-refractivity contribution in [2.24, 2.45) is 17.4 Å². The lowest BCUT2D eigenvalue weighted by Crippen LogP contribution is -2.59. The zero-order valence-corrected chi connectivity index (χ0v) is 16.9. The van der Waals surface area contributed by atoms with E-state index in [2.05, 4.69) is 10.6 Å². The minimum Gasteiger partial charge on any atom is -0.391 e. The molecule has 2 aliphatic heterocycles. The number of nitrogens with two attached hydrogens (primary N) is 2. The number of aliphatic hydroxyl groups excluding tert-OH is 1. The van der Waals surface area contributed by atoms with Crippen LogP contribution in [-0.2, 0) is 14.4 Å². The predicted octanol–water partition coefficient (Wildman–Crippen LogP) is -1.66. The molecule has 9 nitrogen and oxygen atoms in total. The van der Waals surface area contributed by atoms with Gasteiger partial charge in [0.05, 0.1) is 23.1 Å². The SMILES string of the molecule is CC(C)[C@H](N)C(=O)N1CCC2(CC1)N[C@H](C(=O)N[C@H](C(N)=O)[C@@H](C)O)CS2. The average Bonchev–Trinajstić information content (AvgIpc) is 3.02. The Kier molecular flexibility index (Phi) is 7.12. The van der Waals surface area contributed by atoms with Crippen LogP contribution in [0.1, 0.15) is 33.6 Å². The van der Waals surface area contributed by atoms with Gasteiger partial charge in [-0.2, -0.15) is 0 Å². The molecule has 2 aliphatic rings. The first kappa shape index (κ1) is 21.9. The third-order valence-corrected chi connectivity index (χ3v) is 6.83. The lowest BCUT2D eigenvalue weighted by Gasteiger charge is -2.40. The number of carbonyl (C=O) groups is 3. The molecule has 0 aromatic rings. The van der Waals surface area contributed by atoms with Gasteiger partial charge in [0.25, 0.3) is 0 Å². The number of piperidine rings is 1. The first-order chi connectivity index (χ1) is 12.6. The maximum atomic E-state index is 12.4. The first-order valence-corrected chi connectivity index (χ1v) is 10.3. The molecular formula is C17H31N5O4S. The van der Waals surface area contributed by atoms with Crippen molar-refractivity contribution in [3.8, 4) is 0 Å². The van der Waals surface area contributed by atoms with Crippen LogP contribution in [0.25, 0.3) is 0 Å². The number of nitrogens with zero attached hydrogens (tertiary/aromatic N) is 1. The van der Waals surface area contributed by atoms with Crippen molar-refractivity contribution >= 4 is 29.5 Å². The van der Waals surface area contributed by atoms with Gasteiger partial charge in [-0.15, -0.1) is 11.8 Å². The third-order valence-electron chi connectivity index (χ3n) is 5.25. The number of carbonyl (C=O) groups excluding carboxylic acids is 3. The van der Waals surface area contributed by atoms with Crippen LogP contribution in [0.5, 0.6) is 0 Å². The van der Waals surface area contributed by atoms with Crippen molar-refractivity contribution in [2.75, 3.05) is 18.8 Å². The first-order valence-electron chi connectivity index (χ1n) is 9.30. The molecule has 0 saturated carbocycles. The Morgan fingerprint density at radius 2 is 1.85 bits per heavy atom. The van der Waals surface area contributed by atoms with Crippen LogP contribution in [-0.4, -0.2) is 75.7 Å². The highest BCUT2D eigenvalue weighted by Gasteiger charge is 2.45. The molecule has 0 bridgehead atoms. The molecule has 0 unspecified atom stereocenters. The number of hydrogen-bond acceptors (Lipinski definition) is 7. The zero-order valence-electron chi connectivity index (χ0n) is 16.1. The largest absolute Gasteiger partial charge is 0.391 e. The van der Waals surface area contributed by atoms with Gasteiger partial charge >= 0.3 is 0 Å². The summed E-state index contributed by atoms with van der Waals surface area (Å²) in [5, 5.41) is 15.5. The summed E-state index contributed by atoms with van der Waals surface area (Å²) in [6.45, 7) is 6.44. The van der Waals surface area contributed by atoms with Gasteiger partial charge in [-0.05, 0) is 25.7 Å². The average molecular weight is 402 g/mol. The lowest BCUT2D eigenvalue weighted by molar-refractivity contribution is -0.135. The van der Waals surface area contributed by atoms with E-state index in [1.165, 1.54) is 6.92 Å². The molecule has 3 amide bonds. The molecule has 10 heteroatoms. The van der Waals surface area contributed by atoms with Gasteiger partial charge in [-0.25, -0.2) is 0 Å². The van der Waals surface area contributed by atoms with Crippen molar-refractivity contribution in [1.29, 1.82) is 0 Å². The summed E-state index contributed by atoms with van der Waals surface area (Å²) in [7, 11) is 0. The van der Waals surface area contributed by atoms with Crippen LogP contribution in [0.2, 0.25) is 0 Å². The van der Waals surface area contributed by atoms with E-state index in [1.807, 2.05) is 13.8 Å². The van der Waals surface area contributed by atoms with Gasteiger partial charge < -0.3 is 26.8 Å². The van der Waals surface area contributed by atoms with Crippen molar-refractivity contribution in [2.45, 2.75) is 62.7 Å². The van der Waals surface area contributed by atoms with Crippen LogP contribution in [0.3, 0.4) is 0 Å². The Morgan fingerprint density at radius 3 is 2.33 bits per heavy atom. The summed E-state index contributed by atoms with van der Waals surface area (Å²) in [5.41, 5.74) is 11.2. The molecule has 154 valence electrons. The summed E-state index contributed by atoms with van der Waals surface area (Å²) in [5.74, 6) is -0.515. The second-order valence-corrected chi connectivity index (χ2v) is 9.13. The monoisotopic (exact) mass is 401 g/mol. The topological polar surface area (TPSA) is 151 Å². The number of thioether (sulfide) groups is 1. The number of nitrogens with one attached hydrogen (secondary N) is 2. The minimum absolute atomic E-state index is 0.0293. The normalized spacial score (nSPS) is 25.3. The predicted molar refractivity (Wildman–Crippen MR) is 104 cm³/mol. The van der Waals surface area contributed by atoms with Crippen molar-refractivity contribution in [3.05, 3.63) is 0 Å². The van der Waals surface area contributed by atoms with E-state index in [1.54, 1.807) is 16.7 Å². The van der Waals surface area contributed by atoms with Crippen molar-refractivity contribution < 1.29 is 19.5 Å². The van der Waals surface area contributed by atoms with E-state index >= 15 is 0 Å². The van der Waals surface area contributed by atoms with Gasteiger partial charge in [-0.3, -0.25) is 19.7 Å². The van der Waals surface area contributed by atoms with Crippen molar-refractivity contribution in [1.82, 2.24) is 15.5 Å². The van der Waals surface area contributed by atoms with Gasteiger partial charge in [0.15, 0.2) is 0 Å². The molecule has 0 aromatic heterocycles. The molecule has 1 spiro atoms. The summed E-state index contributed by atoms with van der Waals surface area (Å²) >= 11 is 1.65. The fraction of sp³-hybridized carbons (Fsp3) is 0.824. The standard InChI is InChI=1S/C17H31N5O4S/c1-9(2)12(18)16(26)22-6-4-17(5-7-22)21-11(8-27-17)15(25)20-13(10(3)23)14(19)24/h9-13,21,23H,4-8,18H2,1-3H3,(H2,19,24)(H,20,25)/t10-,11+,12+,13+/m1/s1. The number of aliphatic hydroxyl groups is 1. The Bertz CT molecular complexity index is 578. The summed E-state index contributed by atoms with van der Waals surface area (Å²) in [6, 6.07) is -2.08. The van der Waals surface area contributed by atoms with E-state index in [0.717, 1.165) is 0 Å². The van der Waals surface area contributed by atoms with Crippen LogP contribution >= 0.6 is 11.8 Å². The van der Waals surface area contributed by atoms with Crippen LogP contribution < -0.4 is 22.1 Å². The summed E-state index contributed by atoms with van der Waals surface area (Å²) in [4.78, 5) is 37.7.